The number of benzene rings is 11. The highest BCUT2D eigenvalue weighted by atomic mass is 16.3. The number of para-hydroxylation sites is 1. The highest BCUT2D eigenvalue weighted by molar-refractivity contribution is 6.22. The summed E-state index contributed by atoms with van der Waals surface area (Å²) in [7, 11) is 0. The van der Waals surface area contributed by atoms with Crippen molar-refractivity contribution in [3.63, 3.8) is 0 Å². The van der Waals surface area contributed by atoms with Crippen molar-refractivity contribution in [1.82, 2.24) is 0 Å². The predicted octanol–water partition coefficient (Wildman–Crippen LogP) is 16.7. The van der Waals surface area contributed by atoms with Gasteiger partial charge in [-0.05, 0) is 114 Å². The molecule has 0 saturated carbocycles. The van der Waals surface area contributed by atoms with Crippen LogP contribution in [0.15, 0.2) is 229 Å². The van der Waals surface area contributed by atoms with Crippen molar-refractivity contribution >= 4 is 82.1 Å². The van der Waals surface area contributed by atoms with Gasteiger partial charge in [-0.1, -0.05) is 182 Å². The molecular weight excluding hydrogens is 727 g/mol. The van der Waals surface area contributed by atoms with Gasteiger partial charge in [0.05, 0.1) is 16.8 Å². The first-order valence-corrected chi connectivity index (χ1v) is 20.6. The second-order valence-corrected chi connectivity index (χ2v) is 15.6. The van der Waals surface area contributed by atoms with Crippen molar-refractivity contribution in [2.75, 3.05) is 4.90 Å². The third-order valence-electron chi connectivity index (χ3n) is 12.2. The molecule has 12 aromatic rings. The molecule has 2 nitrogen and oxygen atoms in total. The second kappa shape index (κ2) is 13.9. The highest BCUT2D eigenvalue weighted by Gasteiger charge is 2.22. The number of hydrogen-bond donors (Lipinski definition) is 0. The second-order valence-electron chi connectivity index (χ2n) is 15.6. The summed E-state index contributed by atoms with van der Waals surface area (Å²) in [6, 6.07) is 81.3. The minimum absolute atomic E-state index is 0.869. The Morgan fingerprint density at radius 1 is 0.283 bits per heavy atom. The summed E-state index contributed by atoms with van der Waals surface area (Å²) in [5, 5.41) is 12.1. The van der Waals surface area contributed by atoms with E-state index in [-0.39, 0.29) is 0 Å². The van der Waals surface area contributed by atoms with Gasteiger partial charge < -0.3 is 9.32 Å². The Morgan fingerprint density at radius 3 is 1.60 bits per heavy atom. The van der Waals surface area contributed by atoms with Crippen LogP contribution in [0.4, 0.5) is 17.1 Å². The van der Waals surface area contributed by atoms with Crippen molar-refractivity contribution in [3.8, 4) is 33.4 Å². The molecule has 0 N–H and O–H groups in total. The Morgan fingerprint density at radius 2 is 0.817 bits per heavy atom. The molecule has 0 aliphatic heterocycles. The van der Waals surface area contributed by atoms with E-state index in [1.807, 2.05) is 6.07 Å². The molecule has 60 heavy (non-hydrogen) atoms. The zero-order valence-corrected chi connectivity index (χ0v) is 32.7. The zero-order chi connectivity index (χ0) is 39.6. The summed E-state index contributed by atoms with van der Waals surface area (Å²) < 4.78 is 6.45. The monoisotopic (exact) mass is 763 g/mol. The Kier molecular flexibility index (Phi) is 7.89. The lowest BCUT2D eigenvalue weighted by Crippen LogP contribution is -2.11. The van der Waals surface area contributed by atoms with Gasteiger partial charge in [0, 0.05) is 16.5 Å². The van der Waals surface area contributed by atoms with Crippen LogP contribution in [-0.4, -0.2) is 0 Å². The molecule has 0 aliphatic carbocycles. The van der Waals surface area contributed by atoms with Crippen LogP contribution < -0.4 is 4.90 Å². The molecule has 2 heteroatoms. The molecule has 0 atom stereocenters. The Hall–Kier alpha value is -7.94. The van der Waals surface area contributed by atoms with Crippen molar-refractivity contribution < 1.29 is 4.42 Å². The maximum Gasteiger partial charge on any atom is 0.137 e. The zero-order valence-electron chi connectivity index (χ0n) is 32.7. The molecule has 0 saturated heterocycles. The number of furan rings is 1. The van der Waals surface area contributed by atoms with Gasteiger partial charge in [-0.15, -0.1) is 0 Å². The molecule has 0 amide bonds. The van der Waals surface area contributed by atoms with Gasteiger partial charge in [0.2, 0.25) is 0 Å². The molecule has 0 unspecified atom stereocenters. The normalized spacial score (nSPS) is 11.7. The van der Waals surface area contributed by atoms with E-state index in [4.69, 9.17) is 4.42 Å². The van der Waals surface area contributed by atoms with Gasteiger partial charge in [0.25, 0.3) is 0 Å². The standard InChI is InChI=1S/C58H37NO/c1-3-16-40(17-4-1)56-49-22-10-9-21-46(49)47-35-32-42(37-51(47)57(56)41-18-5-2-6-19-41)38-29-33-43(34-30-38)59(53-26-14-28-55-58(53)50-23-11-12-27-54(50)60-55)52-25-13-24-45-44-20-8-7-15-39(44)31-36-48(45)52/h1-37H. The maximum absolute atomic E-state index is 6.45. The van der Waals surface area contributed by atoms with Crippen molar-refractivity contribution in [3.05, 3.63) is 224 Å². The van der Waals surface area contributed by atoms with Gasteiger partial charge in [0.1, 0.15) is 11.2 Å². The molecule has 12 rings (SSSR count). The van der Waals surface area contributed by atoms with Crippen LogP contribution in [0.5, 0.6) is 0 Å². The van der Waals surface area contributed by atoms with Crippen LogP contribution >= 0.6 is 0 Å². The first-order chi connectivity index (χ1) is 29.8. The van der Waals surface area contributed by atoms with Crippen molar-refractivity contribution in [2.24, 2.45) is 0 Å². The summed E-state index contributed by atoms with van der Waals surface area (Å²) in [5.41, 5.74) is 12.3. The van der Waals surface area contributed by atoms with E-state index in [0.29, 0.717) is 0 Å². The molecule has 0 spiro atoms. The third kappa shape index (κ3) is 5.42. The predicted molar refractivity (Wildman–Crippen MR) is 255 cm³/mol. The maximum atomic E-state index is 6.45. The van der Waals surface area contributed by atoms with E-state index in [0.717, 1.165) is 44.6 Å². The first kappa shape index (κ1) is 34.1. The Labute approximate surface area is 347 Å². The average molecular weight is 764 g/mol. The van der Waals surface area contributed by atoms with E-state index in [9.17, 15) is 0 Å². The summed E-state index contributed by atoms with van der Waals surface area (Å²) in [5.74, 6) is 0. The van der Waals surface area contributed by atoms with E-state index in [2.05, 4.69) is 223 Å². The molecule has 0 fully saturated rings. The summed E-state index contributed by atoms with van der Waals surface area (Å²) in [6.45, 7) is 0. The van der Waals surface area contributed by atoms with Gasteiger partial charge in [0.15, 0.2) is 0 Å². The van der Waals surface area contributed by atoms with Crippen molar-refractivity contribution in [2.45, 2.75) is 0 Å². The number of anilines is 3. The van der Waals surface area contributed by atoms with Crippen LogP contribution in [0.1, 0.15) is 0 Å². The first-order valence-electron chi connectivity index (χ1n) is 20.6. The average Bonchev–Trinajstić information content (AvgIpc) is 3.71. The van der Waals surface area contributed by atoms with Crippen LogP contribution in [-0.2, 0) is 0 Å². The number of fused-ring (bicyclic) bond motifs is 9. The van der Waals surface area contributed by atoms with Crippen molar-refractivity contribution in [1.29, 1.82) is 0 Å². The largest absolute Gasteiger partial charge is 0.456 e. The van der Waals surface area contributed by atoms with Crippen LogP contribution in [0.25, 0.3) is 98.4 Å². The summed E-state index contributed by atoms with van der Waals surface area (Å²) in [6.07, 6.45) is 0. The molecular formula is C58H37NO. The van der Waals surface area contributed by atoms with E-state index in [1.54, 1.807) is 0 Å². The summed E-state index contributed by atoms with van der Waals surface area (Å²) >= 11 is 0. The highest BCUT2D eigenvalue weighted by Crippen LogP contribution is 2.48. The quantitative estimate of drug-likeness (QED) is 0.157. The fraction of sp³-hybridized carbons (Fsp3) is 0. The minimum atomic E-state index is 0.869. The van der Waals surface area contributed by atoms with Gasteiger partial charge in [-0.3, -0.25) is 0 Å². The fourth-order valence-electron chi connectivity index (χ4n) is 9.55. The number of nitrogens with zero attached hydrogens (tertiary/aromatic N) is 1. The Balaban J connectivity index is 1.07. The van der Waals surface area contributed by atoms with Gasteiger partial charge in [-0.2, -0.15) is 0 Å². The lowest BCUT2D eigenvalue weighted by molar-refractivity contribution is 0.669. The molecule has 1 aromatic heterocycles. The van der Waals surface area contributed by atoms with Crippen LogP contribution in [0, 0.1) is 0 Å². The third-order valence-corrected chi connectivity index (χ3v) is 12.2. The lowest BCUT2D eigenvalue weighted by atomic mass is 9.84. The van der Waals surface area contributed by atoms with Gasteiger partial charge >= 0.3 is 0 Å². The van der Waals surface area contributed by atoms with E-state index < -0.39 is 0 Å². The minimum Gasteiger partial charge on any atom is -0.456 e. The number of hydrogen-bond acceptors (Lipinski definition) is 2. The van der Waals surface area contributed by atoms with Crippen LogP contribution in [0.3, 0.4) is 0 Å². The molecule has 0 aliphatic rings. The number of rotatable bonds is 6. The molecule has 11 aromatic carbocycles. The van der Waals surface area contributed by atoms with E-state index >= 15 is 0 Å². The lowest BCUT2D eigenvalue weighted by Gasteiger charge is -2.28. The smallest absolute Gasteiger partial charge is 0.137 e. The molecule has 0 radical (unpaired) electrons. The van der Waals surface area contributed by atoms with Gasteiger partial charge in [-0.25, -0.2) is 0 Å². The SMILES string of the molecule is c1ccc(-c2c(-c3ccccc3)c3cc(-c4ccc(N(c5cccc6c5ccc5ccccc56)c5cccc6oc7ccccc7c56)cc4)ccc3c3ccccc23)cc1. The van der Waals surface area contributed by atoms with Crippen LogP contribution in [0.2, 0.25) is 0 Å². The fourth-order valence-corrected chi connectivity index (χ4v) is 9.55. The summed E-state index contributed by atoms with van der Waals surface area (Å²) in [4.78, 5) is 2.41. The van der Waals surface area contributed by atoms with E-state index in [1.165, 1.54) is 70.9 Å². The molecule has 0 bridgehead atoms. The topological polar surface area (TPSA) is 16.4 Å². The molecule has 1 heterocycles. The molecule has 280 valence electrons. The Bertz CT molecular complexity index is 3590.